The molecule has 698 valence electrons. The van der Waals surface area contributed by atoms with Gasteiger partial charge in [0.1, 0.15) is 78.2 Å². The number of ether oxygens (including phenoxy) is 2. The van der Waals surface area contributed by atoms with Gasteiger partial charge in [0.15, 0.2) is 0 Å². The summed E-state index contributed by atoms with van der Waals surface area (Å²) in [5.41, 5.74) is 6.75. The molecule has 0 spiro atoms. The number of nitrogens with zero attached hydrogens (tertiary/aromatic N) is 3. The Hall–Kier alpha value is -10.0. The number of carbonyl (C=O) groups is 14. The molecule has 30 nitrogen and oxygen atoms in total. The number of nitrogens with two attached hydrogens (primary N) is 1. The molecule has 0 aliphatic heterocycles. The van der Waals surface area contributed by atoms with E-state index in [2.05, 4.69) is 57.8 Å². The molecule has 11 rings (SSSR count). The fraction of sp³-hybridized carbons (Fsp3) is 0.568. The summed E-state index contributed by atoms with van der Waals surface area (Å²) in [5, 5.41) is 24.2. The molecule has 0 unspecified atom stereocenters. The number of primary amides is 1. The minimum atomic E-state index is -2.95. The van der Waals surface area contributed by atoms with Crippen molar-refractivity contribution in [3.8, 4) is 22.3 Å². The van der Waals surface area contributed by atoms with Crippen LogP contribution in [0.4, 0.5) is 9.59 Å². The summed E-state index contributed by atoms with van der Waals surface area (Å²) >= 11 is 14.3. The molecule has 1 heterocycles. The molecule has 4 fully saturated rings. The summed E-state index contributed by atoms with van der Waals surface area (Å²) in [4.78, 5) is 218. The Bertz CT molecular complexity index is 4940. The van der Waals surface area contributed by atoms with Gasteiger partial charge in [-0.15, -0.1) is 0 Å². The molecular formula is C95H130N14O16P2S2. The molecule has 129 heavy (non-hydrogen) atoms. The maximum Gasteiger partial charge on any atom is 0.417 e. The number of rotatable bonds is 36. The third-order valence-electron chi connectivity index (χ3n) is 26.8. The monoisotopic (exact) mass is 1850 g/mol. The van der Waals surface area contributed by atoms with Gasteiger partial charge in [-0.3, -0.25) is 57.5 Å². The van der Waals surface area contributed by atoms with Crippen molar-refractivity contribution in [2.45, 2.75) is 317 Å². The maximum atomic E-state index is 16.6. The summed E-state index contributed by atoms with van der Waals surface area (Å²) in [6.07, 6.45) is 16.1. The second-order valence-electron chi connectivity index (χ2n) is 37.6. The second-order valence-corrected chi connectivity index (χ2v) is 48.8. The molecule has 0 saturated heterocycles. The van der Waals surface area contributed by atoms with Crippen LogP contribution in [-0.2, 0) is 97.0 Å². The zero-order valence-electron chi connectivity index (χ0n) is 76.3. The van der Waals surface area contributed by atoms with Gasteiger partial charge in [0.05, 0.1) is 12.0 Å². The SMILES string of the molecule is CC(=O)N[C@@H](C)C(=O)NC(C)(C)C(=O)N[C@@H](C)C(=O)N(C(=O)OCC1c2ccccc2-c2ccccc21)[C@@H](CP(=S)(C1CCCCC1)C1CCCCC1)C(=O)N[C@@H](Cc1c[nH]cn1)C(=O)N[C@@H](C)C(=O)NC(C)(C)C(=O)N(C(=O)OCC1c2ccccc2-c2ccccc21)[C@@H](CP(=S)(C1CCCCC1)C1CCCCC1)C(=O)N[C@@H](C)C(=O)NC(C)(C)C(=O)N[C@@H](C)C(N)=O. The predicted molar refractivity (Wildman–Crippen MR) is 501 cm³/mol. The Morgan fingerprint density at radius 1 is 0.434 bits per heavy atom. The third kappa shape index (κ3) is 23.8. The fourth-order valence-electron chi connectivity index (χ4n) is 19.4. The lowest BCUT2D eigenvalue weighted by molar-refractivity contribution is -0.145. The van der Waals surface area contributed by atoms with Crippen LogP contribution in [0.2, 0.25) is 0 Å². The predicted octanol–water partition coefficient (Wildman–Crippen LogP) is 10.7. The Labute approximate surface area is 766 Å². The molecule has 6 aliphatic rings. The number of amides is 14. The molecule has 4 saturated carbocycles. The van der Waals surface area contributed by atoms with E-state index in [0.29, 0.717) is 0 Å². The maximum absolute atomic E-state index is 16.6. The number of hydrogen-bond donors (Lipinski definition) is 11. The zero-order chi connectivity index (χ0) is 93.6. The highest BCUT2D eigenvalue weighted by molar-refractivity contribution is 8.15. The number of H-pyrrole nitrogens is 1. The quantitative estimate of drug-likeness (QED) is 0.0166. The van der Waals surface area contributed by atoms with Gasteiger partial charge < -0.3 is 68.0 Å². The molecule has 8 atom stereocenters. The van der Waals surface area contributed by atoms with Gasteiger partial charge in [-0.1, -0.05) is 198 Å². The summed E-state index contributed by atoms with van der Waals surface area (Å²) in [5.74, 6) is -11.8. The van der Waals surface area contributed by atoms with Crippen LogP contribution >= 0.6 is 12.1 Å². The second kappa shape index (κ2) is 43.3. The van der Waals surface area contributed by atoms with E-state index in [1.807, 2.05) is 97.1 Å². The van der Waals surface area contributed by atoms with E-state index in [9.17, 15) is 28.8 Å². The minimum absolute atomic E-state index is 0.0630. The fourth-order valence-corrected chi connectivity index (χ4v) is 31.9. The number of fused-ring (bicyclic) bond motifs is 6. The lowest BCUT2D eigenvalue weighted by atomic mass is 9.98. The average Bonchev–Trinajstić information content (AvgIpc) is 1.65. The molecule has 14 amide bonds. The van der Waals surface area contributed by atoms with E-state index in [0.717, 1.165) is 183 Å². The first-order valence-electron chi connectivity index (χ1n) is 45.7. The van der Waals surface area contributed by atoms with E-state index >= 15 is 38.4 Å². The van der Waals surface area contributed by atoms with Crippen LogP contribution < -0.4 is 53.6 Å². The molecule has 1 aromatic heterocycles. The first-order chi connectivity index (χ1) is 61.2. The van der Waals surface area contributed by atoms with Crippen molar-refractivity contribution in [1.29, 1.82) is 0 Å². The first-order valence-corrected chi connectivity index (χ1v) is 52.0. The lowest BCUT2D eigenvalue weighted by Crippen LogP contribution is -2.66. The standard InChI is InChI=1S/C95H130N14O16P2S2/c1-56(80(96)111)102-88(119)93(7,8)106-82(113)59(4)101-85(116)79(54-127(129,65-37-21-15-22-38-65)66-39-23-16-24-40-66)109(92(123)125-52-76-73-47-31-27-43-69(73)70-44-28-32-48-74(70)76)90(121)95(11,12)107-83(114)58(3)100-84(115)77(49-62-50-97-55-98-62)104-86(117)78(53-126(128,63-33-17-13-18-34-63)64-35-19-14-20-36-64)108(87(118)60(5)103-89(120)94(9,10)105-81(112)57(2)99-61(6)110)91(122)124-51-75-71-45-29-25-41-67(71)68-42-26-30-46-72(68)75/h25-32,41-48,50,55-60,63-66,75-79H,13-24,33-40,49,51-54H2,1-12H3,(H2,96,111)(H,97,98)(H,99,110)(H,100,115)(H,101,116)(H,102,119)(H,103,120)(H,104,117)(H,105,112)(H,106,113)(H,107,114)/t56-,57-,58-,59-,60-,77-,78-,79-/m0/s1. The summed E-state index contributed by atoms with van der Waals surface area (Å²) in [6.45, 7) is 15.7. The van der Waals surface area contributed by atoms with Crippen molar-refractivity contribution in [1.82, 2.24) is 67.6 Å². The molecule has 34 heteroatoms. The van der Waals surface area contributed by atoms with Crippen molar-refractivity contribution >= 4 is 119 Å². The summed E-state index contributed by atoms with van der Waals surface area (Å²) < 4.78 is 12.8. The number of aromatic nitrogens is 2. The number of nitrogens with one attached hydrogen (secondary N) is 10. The highest BCUT2D eigenvalue weighted by Gasteiger charge is 2.52. The van der Waals surface area contributed by atoms with E-state index in [1.165, 1.54) is 95.6 Å². The van der Waals surface area contributed by atoms with Gasteiger partial charge in [0.2, 0.25) is 59.1 Å². The smallest absolute Gasteiger partial charge is 0.417 e. The summed E-state index contributed by atoms with van der Waals surface area (Å²) in [6, 6.07) is 12.5. The van der Waals surface area contributed by atoms with Crippen LogP contribution in [0, 0.1) is 0 Å². The largest absolute Gasteiger partial charge is 0.448 e. The van der Waals surface area contributed by atoms with E-state index in [-0.39, 0.29) is 60.3 Å². The van der Waals surface area contributed by atoms with E-state index in [4.69, 9.17) is 38.8 Å². The number of hydrogen-bond acceptors (Lipinski definition) is 19. The van der Waals surface area contributed by atoms with Gasteiger partial charge in [-0.2, -0.15) is 0 Å². The van der Waals surface area contributed by atoms with Crippen molar-refractivity contribution in [2.24, 2.45) is 5.73 Å². The van der Waals surface area contributed by atoms with Gasteiger partial charge in [0, 0.05) is 43.7 Å². The van der Waals surface area contributed by atoms with Crippen molar-refractivity contribution in [2.75, 3.05) is 25.5 Å². The normalized spacial score (nSPS) is 17.9. The van der Waals surface area contributed by atoms with E-state index in [1.54, 1.807) is 0 Å². The van der Waals surface area contributed by atoms with Gasteiger partial charge in [-0.05, 0) is 207 Å². The number of imide groups is 2. The molecular weight excluding hydrogens is 1720 g/mol. The lowest BCUT2D eigenvalue weighted by Gasteiger charge is -2.45. The molecule has 12 N–H and O–H groups in total. The van der Waals surface area contributed by atoms with Crippen LogP contribution in [0.3, 0.4) is 0 Å². The highest BCUT2D eigenvalue weighted by Crippen LogP contribution is 2.65. The van der Waals surface area contributed by atoms with Crippen LogP contribution in [0.5, 0.6) is 0 Å². The van der Waals surface area contributed by atoms with Crippen molar-refractivity contribution in [3.63, 3.8) is 0 Å². The number of aromatic amines is 1. The van der Waals surface area contributed by atoms with Gasteiger partial charge >= 0.3 is 12.2 Å². The number of benzene rings is 4. The Kier molecular flexibility index (Phi) is 33.4. The Balaban J connectivity index is 0.945. The van der Waals surface area contributed by atoms with Gasteiger partial charge in [0.25, 0.3) is 11.8 Å². The molecule has 0 radical (unpaired) electrons. The zero-order valence-corrected chi connectivity index (χ0v) is 79.7. The van der Waals surface area contributed by atoms with Crippen LogP contribution in [0.25, 0.3) is 22.3 Å². The highest BCUT2D eigenvalue weighted by atomic mass is 32.4. The topological polar surface area (TPSA) is 427 Å². The molecule has 4 aromatic carbocycles. The molecule has 0 bridgehead atoms. The molecule has 6 aliphatic carbocycles. The molecule has 5 aromatic rings. The van der Waals surface area contributed by atoms with Crippen molar-refractivity contribution in [3.05, 3.63) is 138 Å². The van der Waals surface area contributed by atoms with Crippen LogP contribution in [-0.4, -0.2) is 216 Å². The van der Waals surface area contributed by atoms with Crippen LogP contribution in [0.15, 0.2) is 110 Å². The Morgan fingerprint density at radius 2 is 0.767 bits per heavy atom. The van der Waals surface area contributed by atoms with E-state index < -0.39 is 172 Å². The Morgan fingerprint density at radius 3 is 1.13 bits per heavy atom. The minimum Gasteiger partial charge on any atom is -0.448 e. The number of carbonyl (C=O) groups excluding carboxylic acids is 14. The average molecular weight is 1850 g/mol. The van der Waals surface area contributed by atoms with Crippen molar-refractivity contribution < 1.29 is 76.6 Å². The van der Waals surface area contributed by atoms with Gasteiger partial charge in [-0.25, -0.2) is 24.4 Å². The third-order valence-corrected chi connectivity index (χ3v) is 40.1. The first kappa shape index (κ1) is 99.5. The summed E-state index contributed by atoms with van der Waals surface area (Å²) in [7, 11) is 0. The number of imidazole rings is 1. The van der Waals surface area contributed by atoms with Crippen LogP contribution in [0.1, 0.15) is 251 Å².